The summed E-state index contributed by atoms with van der Waals surface area (Å²) in [4.78, 5) is 16.8. The normalized spacial score (nSPS) is 11.4. The minimum atomic E-state index is -0.545. The predicted molar refractivity (Wildman–Crippen MR) is 78.7 cm³/mol. The van der Waals surface area contributed by atoms with Crippen molar-refractivity contribution in [3.63, 3.8) is 0 Å². The first-order valence-electron chi connectivity index (χ1n) is 6.03. The highest BCUT2D eigenvalue weighted by Crippen LogP contribution is 2.32. The molecule has 2 aromatic rings. The SMILES string of the molecule is Cc1nc(NC(=O)OC(C)(C)C)sc1-c1cc(N)n[nH]1. The Morgan fingerprint density at radius 1 is 1.50 bits per heavy atom. The summed E-state index contributed by atoms with van der Waals surface area (Å²) in [5.74, 6) is 0.412. The zero-order valence-corrected chi connectivity index (χ0v) is 12.6. The van der Waals surface area contributed by atoms with Gasteiger partial charge in [0.2, 0.25) is 0 Å². The van der Waals surface area contributed by atoms with Crippen LogP contribution in [0.4, 0.5) is 15.7 Å². The summed E-state index contributed by atoms with van der Waals surface area (Å²) in [5.41, 5.74) is 6.59. The average Bonchev–Trinajstić information content (AvgIpc) is 2.82. The van der Waals surface area contributed by atoms with Gasteiger partial charge in [0, 0.05) is 6.07 Å². The van der Waals surface area contributed by atoms with Crippen LogP contribution in [0.3, 0.4) is 0 Å². The van der Waals surface area contributed by atoms with Crippen molar-refractivity contribution < 1.29 is 9.53 Å². The van der Waals surface area contributed by atoms with Crippen LogP contribution in [0, 0.1) is 6.92 Å². The Balaban J connectivity index is 2.14. The van der Waals surface area contributed by atoms with Gasteiger partial charge in [-0.1, -0.05) is 11.3 Å². The van der Waals surface area contributed by atoms with Gasteiger partial charge in [-0.15, -0.1) is 0 Å². The van der Waals surface area contributed by atoms with Gasteiger partial charge in [-0.25, -0.2) is 9.78 Å². The van der Waals surface area contributed by atoms with Crippen LogP contribution in [0.15, 0.2) is 6.07 Å². The molecule has 1 amide bonds. The van der Waals surface area contributed by atoms with E-state index in [1.807, 2.05) is 6.92 Å². The number of ether oxygens (including phenoxy) is 1. The van der Waals surface area contributed by atoms with Gasteiger partial charge in [-0.3, -0.25) is 10.4 Å². The minimum Gasteiger partial charge on any atom is -0.444 e. The van der Waals surface area contributed by atoms with Gasteiger partial charge >= 0.3 is 6.09 Å². The number of nitrogens with zero attached hydrogens (tertiary/aromatic N) is 2. The Morgan fingerprint density at radius 3 is 2.75 bits per heavy atom. The quantitative estimate of drug-likeness (QED) is 0.790. The summed E-state index contributed by atoms with van der Waals surface area (Å²) in [6.07, 6.45) is -0.526. The number of aromatic nitrogens is 3. The molecule has 2 aromatic heterocycles. The number of hydrogen-bond acceptors (Lipinski definition) is 6. The summed E-state index contributed by atoms with van der Waals surface area (Å²) in [5, 5.41) is 9.78. The van der Waals surface area contributed by atoms with Crippen LogP contribution in [-0.2, 0) is 4.74 Å². The van der Waals surface area contributed by atoms with E-state index >= 15 is 0 Å². The Kier molecular flexibility index (Phi) is 3.67. The molecule has 0 aliphatic carbocycles. The van der Waals surface area contributed by atoms with Gasteiger partial charge in [0.1, 0.15) is 11.4 Å². The number of thiazole rings is 1. The van der Waals surface area contributed by atoms with E-state index in [0.717, 1.165) is 16.3 Å². The van der Waals surface area contributed by atoms with E-state index in [1.54, 1.807) is 26.8 Å². The number of rotatable bonds is 2. The molecule has 0 aliphatic heterocycles. The number of amides is 1. The molecule has 0 aliphatic rings. The lowest BCUT2D eigenvalue weighted by molar-refractivity contribution is 0.0636. The molecule has 0 fully saturated rings. The molecule has 108 valence electrons. The predicted octanol–water partition coefficient (Wildman–Crippen LogP) is 2.77. The van der Waals surface area contributed by atoms with E-state index in [4.69, 9.17) is 10.5 Å². The van der Waals surface area contributed by atoms with Crippen LogP contribution in [0.2, 0.25) is 0 Å². The molecule has 2 heterocycles. The van der Waals surface area contributed by atoms with Crippen molar-refractivity contribution in [2.45, 2.75) is 33.3 Å². The second-order valence-electron chi connectivity index (χ2n) is 5.27. The van der Waals surface area contributed by atoms with Crippen molar-refractivity contribution in [1.82, 2.24) is 15.2 Å². The first kappa shape index (κ1) is 14.3. The molecule has 0 saturated carbocycles. The molecule has 7 nitrogen and oxygen atoms in total. The van der Waals surface area contributed by atoms with Gasteiger partial charge in [-0.05, 0) is 27.7 Å². The molecule has 2 rings (SSSR count). The van der Waals surface area contributed by atoms with Gasteiger partial charge in [0.25, 0.3) is 0 Å². The van der Waals surface area contributed by atoms with Crippen LogP contribution in [0.25, 0.3) is 10.6 Å². The Morgan fingerprint density at radius 2 is 2.20 bits per heavy atom. The zero-order valence-electron chi connectivity index (χ0n) is 11.8. The lowest BCUT2D eigenvalue weighted by atomic mass is 10.2. The number of anilines is 2. The van der Waals surface area contributed by atoms with E-state index in [9.17, 15) is 4.79 Å². The fourth-order valence-electron chi connectivity index (χ4n) is 1.54. The van der Waals surface area contributed by atoms with Crippen molar-refractivity contribution in [2.75, 3.05) is 11.1 Å². The lowest BCUT2D eigenvalue weighted by Crippen LogP contribution is -2.27. The van der Waals surface area contributed by atoms with Crippen molar-refractivity contribution in [2.24, 2.45) is 0 Å². The van der Waals surface area contributed by atoms with Crippen LogP contribution in [0.1, 0.15) is 26.5 Å². The third kappa shape index (κ3) is 3.47. The Hall–Kier alpha value is -2.09. The molecule has 0 radical (unpaired) electrons. The highest BCUT2D eigenvalue weighted by Gasteiger charge is 2.18. The van der Waals surface area contributed by atoms with Gasteiger partial charge < -0.3 is 10.5 Å². The molecule has 0 aromatic carbocycles. The topological polar surface area (TPSA) is 106 Å². The van der Waals surface area contributed by atoms with Crippen molar-refractivity contribution >= 4 is 28.4 Å². The maximum Gasteiger partial charge on any atom is 0.413 e. The number of carbonyl (C=O) groups is 1. The maximum absolute atomic E-state index is 11.7. The number of aromatic amines is 1. The summed E-state index contributed by atoms with van der Waals surface area (Å²) >= 11 is 1.33. The molecule has 4 N–H and O–H groups in total. The smallest absolute Gasteiger partial charge is 0.413 e. The first-order chi connectivity index (χ1) is 9.24. The number of carbonyl (C=O) groups excluding carboxylic acids is 1. The molecule has 0 bridgehead atoms. The molecule has 0 spiro atoms. The molecular formula is C12H17N5O2S. The van der Waals surface area contributed by atoms with Gasteiger partial charge in [-0.2, -0.15) is 5.10 Å². The third-order valence-corrected chi connectivity index (χ3v) is 3.35. The number of nitrogens with two attached hydrogens (primary N) is 1. The minimum absolute atomic E-state index is 0.412. The maximum atomic E-state index is 11.7. The summed E-state index contributed by atoms with van der Waals surface area (Å²) in [7, 11) is 0. The lowest BCUT2D eigenvalue weighted by Gasteiger charge is -2.18. The molecular weight excluding hydrogens is 278 g/mol. The number of nitrogen functional groups attached to an aromatic ring is 1. The number of aryl methyl sites for hydroxylation is 1. The Labute approximate surface area is 120 Å². The van der Waals surface area contributed by atoms with Gasteiger partial charge in [0.15, 0.2) is 5.13 Å². The van der Waals surface area contributed by atoms with Crippen LogP contribution < -0.4 is 11.1 Å². The fourth-order valence-corrected chi connectivity index (χ4v) is 2.46. The fraction of sp³-hybridized carbons (Fsp3) is 0.417. The van der Waals surface area contributed by atoms with Crippen molar-refractivity contribution in [3.8, 4) is 10.6 Å². The van der Waals surface area contributed by atoms with E-state index < -0.39 is 11.7 Å². The van der Waals surface area contributed by atoms with E-state index in [0.29, 0.717) is 10.9 Å². The van der Waals surface area contributed by atoms with Crippen molar-refractivity contribution in [3.05, 3.63) is 11.8 Å². The van der Waals surface area contributed by atoms with E-state index in [2.05, 4.69) is 20.5 Å². The second kappa shape index (κ2) is 5.12. The van der Waals surface area contributed by atoms with Crippen LogP contribution >= 0.6 is 11.3 Å². The molecule has 0 unspecified atom stereocenters. The highest BCUT2D eigenvalue weighted by atomic mass is 32.1. The number of nitrogens with one attached hydrogen (secondary N) is 2. The zero-order chi connectivity index (χ0) is 14.9. The van der Waals surface area contributed by atoms with E-state index in [-0.39, 0.29) is 0 Å². The monoisotopic (exact) mass is 295 g/mol. The van der Waals surface area contributed by atoms with Crippen molar-refractivity contribution in [1.29, 1.82) is 0 Å². The first-order valence-corrected chi connectivity index (χ1v) is 6.85. The number of hydrogen-bond donors (Lipinski definition) is 3. The van der Waals surface area contributed by atoms with Gasteiger partial charge in [0.05, 0.1) is 16.3 Å². The highest BCUT2D eigenvalue weighted by molar-refractivity contribution is 7.19. The second-order valence-corrected chi connectivity index (χ2v) is 6.27. The third-order valence-electron chi connectivity index (χ3n) is 2.25. The summed E-state index contributed by atoms with van der Waals surface area (Å²) in [6, 6.07) is 1.72. The average molecular weight is 295 g/mol. The summed E-state index contributed by atoms with van der Waals surface area (Å²) in [6.45, 7) is 7.26. The van der Waals surface area contributed by atoms with Crippen LogP contribution in [0.5, 0.6) is 0 Å². The number of H-pyrrole nitrogens is 1. The molecule has 0 saturated heterocycles. The molecule has 0 atom stereocenters. The molecule has 8 heteroatoms. The molecule has 20 heavy (non-hydrogen) atoms. The standard InChI is InChI=1S/C12H17N5O2S/c1-6-9(7-5-8(13)17-16-7)20-10(14-6)15-11(18)19-12(2,3)4/h5H,1-4H3,(H3,13,16,17)(H,14,15,18). The van der Waals surface area contributed by atoms with Crippen LogP contribution in [-0.4, -0.2) is 26.9 Å². The summed E-state index contributed by atoms with van der Waals surface area (Å²) < 4.78 is 5.18. The van der Waals surface area contributed by atoms with E-state index in [1.165, 1.54) is 11.3 Å². The largest absolute Gasteiger partial charge is 0.444 e. The Bertz CT molecular complexity index is 626.